The SMILES string of the molecule is CC1CNc2ccccc2O1.Cl. The van der Waals surface area contributed by atoms with Crippen molar-refractivity contribution in [3.63, 3.8) is 0 Å². The average Bonchev–Trinajstić information content (AvgIpc) is 2.04. The van der Waals surface area contributed by atoms with E-state index in [4.69, 9.17) is 4.74 Å². The third-order valence-corrected chi connectivity index (χ3v) is 1.80. The van der Waals surface area contributed by atoms with Crippen LogP contribution in [0.3, 0.4) is 0 Å². The molecule has 1 aliphatic rings. The van der Waals surface area contributed by atoms with Crippen LogP contribution in [0.2, 0.25) is 0 Å². The molecule has 2 nitrogen and oxygen atoms in total. The number of hydrogen-bond acceptors (Lipinski definition) is 2. The van der Waals surface area contributed by atoms with Crippen LogP contribution in [0.25, 0.3) is 0 Å². The first-order chi connectivity index (χ1) is 5.36. The molecule has 12 heavy (non-hydrogen) atoms. The van der Waals surface area contributed by atoms with Gasteiger partial charge in [0.2, 0.25) is 0 Å². The zero-order valence-corrected chi connectivity index (χ0v) is 7.73. The van der Waals surface area contributed by atoms with Gasteiger partial charge in [0.15, 0.2) is 0 Å². The first-order valence-electron chi connectivity index (χ1n) is 3.86. The minimum Gasteiger partial charge on any atom is -0.487 e. The summed E-state index contributed by atoms with van der Waals surface area (Å²) in [5, 5.41) is 3.29. The van der Waals surface area contributed by atoms with Gasteiger partial charge < -0.3 is 10.1 Å². The van der Waals surface area contributed by atoms with Crippen LogP contribution in [0.1, 0.15) is 6.92 Å². The number of ether oxygens (including phenoxy) is 1. The second kappa shape index (κ2) is 3.68. The molecule has 1 unspecified atom stereocenters. The van der Waals surface area contributed by atoms with Gasteiger partial charge in [0, 0.05) is 0 Å². The van der Waals surface area contributed by atoms with Gasteiger partial charge in [-0.2, -0.15) is 0 Å². The van der Waals surface area contributed by atoms with E-state index in [0.717, 1.165) is 18.0 Å². The van der Waals surface area contributed by atoms with E-state index >= 15 is 0 Å². The highest BCUT2D eigenvalue weighted by molar-refractivity contribution is 5.85. The maximum atomic E-state index is 5.57. The lowest BCUT2D eigenvalue weighted by atomic mass is 10.2. The monoisotopic (exact) mass is 185 g/mol. The zero-order chi connectivity index (χ0) is 7.68. The number of hydrogen-bond donors (Lipinski definition) is 1. The van der Waals surface area contributed by atoms with Crippen LogP contribution in [0.15, 0.2) is 24.3 Å². The molecule has 1 aromatic carbocycles. The summed E-state index contributed by atoms with van der Waals surface area (Å²) in [7, 11) is 0. The normalized spacial score (nSPS) is 19.6. The van der Waals surface area contributed by atoms with Crippen LogP contribution in [-0.2, 0) is 0 Å². The van der Waals surface area contributed by atoms with Crippen molar-refractivity contribution in [1.82, 2.24) is 0 Å². The summed E-state index contributed by atoms with van der Waals surface area (Å²) >= 11 is 0. The predicted molar refractivity (Wildman–Crippen MR) is 52.3 cm³/mol. The summed E-state index contributed by atoms with van der Waals surface area (Å²) in [6.45, 7) is 2.96. The van der Waals surface area contributed by atoms with Gasteiger partial charge in [-0.1, -0.05) is 12.1 Å². The number of rotatable bonds is 0. The predicted octanol–water partition coefficient (Wildman–Crippen LogP) is 2.30. The van der Waals surface area contributed by atoms with Crippen LogP contribution in [0, 0.1) is 0 Å². The van der Waals surface area contributed by atoms with Gasteiger partial charge in [0.25, 0.3) is 0 Å². The molecular weight excluding hydrogens is 174 g/mol. The number of anilines is 1. The van der Waals surface area contributed by atoms with Gasteiger partial charge in [0.1, 0.15) is 11.9 Å². The van der Waals surface area contributed by atoms with Crippen molar-refractivity contribution >= 4 is 18.1 Å². The molecule has 1 N–H and O–H groups in total. The van der Waals surface area contributed by atoms with Crippen molar-refractivity contribution in [2.45, 2.75) is 13.0 Å². The molecule has 1 aliphatic heterocycles. The maximum absolute atomic E-state index is 5.57. The van der Waals surface area contributed by atoms with Crippen LogP contribution >= 0.6 is 12.4 Å². The Morgan fingerprint density at radius 3 is 3.00 bits per heavy atom. The smallest absolute Gasteiger partial charge is 0.142 e. The first kappa shape index (κ1) is 9.20. The quantitative estimate of drug-likeness (QED) is 0.670. The number of fused-ring (bicyclic) bond motifs is 1. The highest BCUT2D eigenvalue weighted by Gasteiger charge is 2.13. The van der Waals surface area contributed by atoms with Crippen LogP contribution in [0.4, 0.5) is 5.69 Å². The second-order valence-electron chi connectivity index (χ2n) is 2.81. The lowest BCUT2D eigenvalue weighted by Crippen LogP contribution is -2.27. The Bertz CT molecular complexity index is 264. The summed E-state index contributed by atoms with van der Waals surface area (Å²) in [4.78, 5) is 0. The summed E-state index contributed by atoms with van der Waals surface area (Å²) in [5.74, 6) is 0.964. The highest BCUT2D eigenvalue weighted by atomic mass is 35.5. The van der Waals surface area contributed by atoms with Crippen LogP contribution in [-0.4, -0.2) is 12.6 Å². The first-order valence-corrected chi connectivity index (χ1v) is 3.86. The maximum Gasteiger partial charge on any atom is 0.142 e. The minimum absolute atomic E-state index is 0. The molecule has 0 fully saturated rings. The third kappa shape index (κ3) is 1.64. The summed E-state index contributed by atoms with van der Waals surface area (Å²) in [6, 6.07) is 8.00. The lowest BCUT2D eigenvalue weighted by Gasteiger charge is -2.24. The third-order valence-electron chi connectivity index (χ3n) is 1.80. The van der Waals surface area contributed by atoms with Crippen LogP contribution < -0.4 is 10.1 Å². The fourth-order valence-corrected chi connectivity index (χ4v) is 1.23. The Balaban J connectivity index is 0.000000720. The number of para-hydroxylation sites is 2. The van der Waals surface area contributed by atoms with E-state index in [0.29, 0.717) is 0 Å². The van der Waals surface area contributed by atoms with Gasteiger partial charge in [-0.05, 0) is 19.1 Å². The molecule has 1 atom stereocenters. The van der Waals surface area contributed by atoms with Gasteiger partial charge >= 0.3 is 0 Å². The molecule has 0 aliphatic carbocycles. The Morgan fingerprint density at radius 1 is 1.42 bits per heavy atom. The van der Waals surface area contributed by atoms with E-state index in [1.165, 1.54) is 0 Å². The topological polar surface area (TPSA) is 21.3 Å². The van der Waals surface area contributed by atoms with E-state index in [9.17, 15) is 0 Å². The highest BCUT2D eigenvalue weighted by Crippen LogP contribution is 2.27. The molecule has 2 rings (SSSR count). The van der Waals surface area contributed by atoms with Gasteiger partial charge in [-0.15, -0.1) is 12.4 Å². The van der Waals surface area contributed by atoms with E-state index in [1.807, 2.05) is 24.3 Å². The van der Waals surface area contributed by atoms with Crippen molar-refractivity contribution in [2.24, 2.45) is 0 Å². The zero-order valence-electron chi connectivity index (χ0n) is 6.91. The number of halogens is 1. The van der Waals surface area contributed by atoms with E-state index in [1.54, 1.807) is 0 Å². The molecule has 0 saturated carbocycles. The van der Waals surface area contributed by atoms with Crippen molar-refractivity contribution in [2.75, 3.05) is 11.9 Å². The van der Waals surface area contributed by atoms with E-state index in [2.05, 4.69) is 12.2 Å². The minimum atomic E-state index is 0. The van der Waals surface area contributed by atoms with Crippen molar-refractivity contribution in [3.05, 3.63) is 24.3 Å². The molecule has 3 heteroatoms. The van der Waals surface area contributed by atoms with Gasteiger partial charge in [0.05, 0.1) is 12.2 Å². The molecule has 0 radical (unpaired) electrons. The Labute approximate surface area is 78.3 Å². The van der Waals surface area contributed by atoms with Crippen molar-refractivity contribution in [3.8, 4) is 5.75 Å². The number of nitrogens with one attached hydrogen (secondary N) is 1. The molecule has 0 spiro atoms. The second-order valence-corrected chi connectivity index (χ2v) is 2.81. The van der Waals surface area contributed by atoms with Crippen molar-refractivity contribution in [1.29, 1.82) is 0 Å². The molecule has 66 valence electrons. The fourth-order valence-electron chi connectivity index (χ4n) is 1.23. The Morgan fingerprint density at radius 2 is 2.17 bits per heavy atom. The summed E-state index contributed by atoms with van der Waals surface area (Å²) in [5.41, 5.74) is 1.10. The summed E-state index contributed by atoms with van der Waals surface area (Å²) in [6.07, 6.45) is 0.282. The van der Waals surface area contributed by atoms with E-state index < -0.39 is 0 Å². The summed E-state index contributed by atoms with van der Waals surface area (Å²) < 4.78 is 5.57. The Kier molecular flexibility index (Phi) is 2.82. The average molecular weight is 186 g/mol. The molecule has 0 bridgehead atoms. The fraction of sp³-hybridized carbons (Fsp3) is 0.333. The molecule has 0 amide bonds. The standard InChI is InChI=1S/C9H11NO.ClH/c1-7-6-10-8-4-2-3-5-9(8)11-7;/h2-5,7,10H,6H2,1H3;1H. The van der Waals surface area contributed by atoms with E-state index in [-0.39, 0.29) is 18.5 Å². The Hall–Kier alpha value is -0.890. The van der Waals surface area contributed by atoms with Gasteiger partial charge in [-0.25, -0.2) is 0 Å². The molecule has 0 saturated heterocycles. The lowest BCUT2D eigenvalue weighted by molar-refractivity contribution is 0.226. The van der Waals surface area contributed by atoms with Crippen molar-refractivity contribution < 1.29 is 4.74 Å². The number of benzene rings is 1. The molecule has 1 aromatic rings. The molecular formula is C9H12ClNO. The largest absolute Gasteiger partial charge is 0.487 e. The molecule has 0 aromatic heterocycles. The van der Waals surface area contributed by atoms with Gasteiger partial charge in [-0.3, -0.25) is 0 Å². The molecule has 1 heterocycles. The van der Waals surface area contributed by atoms with Crippen LogP contribution in [0.5, 0.6) is 5.75 Å².